The molecular formula is C21H11ClF7NO2. The lowest BCUT2D eigenvalue weighted by molar-refractivity contribution is -0.143. The van der Waals surface area contributed by atoms with Gasteiger partial charge in [-0.25, -0.2) is 4.39 Å². The lowest BCUT2D eigenvalue weighted by atomic mass is 10.1. The number of hydrogen-bond donors (Lipinski definition) is 1. The fraction of sp³-hybridized carbons (Fsp3) is 0.0952. The summed E-state index contributed by atoms with van der Waals surface area (Å²) in [4.78, 5) is 12.2. The fourth-order valence-electron chi connectivity index (χ4n) is 2.64. The van der Waals surface area contributed by atoms with E-state index in [0.717, 1.165) is 6.07 Å². The third kappa shape index (κ3) is 5.50. The number of anilines is 1. The van der Waals surface area contributed by atoms with Crippen LogP contribution in [0.2, 0.25) is 5.02 Å². The van der Waals surface area contributed by atoms with Gasteiger partial charge >= 0.3 is 12.4 Å². The van der Waals surface area contributed by atoms with Gasteiger partial charge in [0.15, 0.2) is 0 Å². The normalized spacial score (nSPS) is 11.9. The molecule has 3 aromatic carbocycles. The molecule has 3 rings (SSSR count). The van der Waals surface area contributed by atoms with Gasteiger partial charge in [-0.1, -0.05) is 17.7 Å². The van der Waals surface area contributed by atoms with E-state index in [-0.39, 0.29) is 22.5 Å². The van der Waals surface area contributed by atoms with Crippen LogP contribution in [0.3, 0.4) is 0 Å². The highest BCUT2D eigenvalue weighted by Crippen LogP contribution is 2.39. The quantitative estimate of drug-likeness (QED) is 0.394. The van der Waals surface area contributed by atoms with Crippen molar-refractivity contribution in [3.63, 3.8) is 0 Å². The zero-order chi connectivity index (χ0) is 23.7. The third-order valence-corrected chi connectivity index (χ3v) is 4.41. The lowest BCUT2D eigenvalue weighted by Crippen LogP contribution is -2.14. The number of ether oxygens (including phenoxy) is 1. The molecule has 3 aromatic rings. The summed E-state index contributed by atoms with van der Waals surface area (Å²) in [6.07, 6.45) is -10.0. The Balaban J connectivity index is 1.81. The molecule has 0 atom stereocenters. The van der Waals surface area contributed by atoms with E-state index >= 15 is 0 Å². The zero-order valence-corrected chi connectivity index (χ0v) is 16.4. The average molecular weight is 478 g/mol. The predicted molar refractivity (Wildman–Crippen MR) is 102 cm³/mol. The van der Waals surface area contributed by atoms with Crippen molar-refractivity contribution in [1.82, 2.24) is 0 Å². The van der Waals surface area contributed by atoms with Gasteiger partial charge in [0.2, 0.25) is 0 Å². The van der Waals surface area contributed by atoms with Crippen molar-refractivity contribution in [2.24, 2.45) is 0 Å². The highest BCUT2D eigenvalue weighted by atomic mass is 35.5. The molecule has 1 N–H and O–H groups in total. The first-order valence-electron chi connectivity index (χ1n) is 8.67. The van der Waals surface area contributed by atoms with Crippen LogP contribution in [-0.4, -0.2) is 5.91 Å². The Kier molecular flexibility index (Phi) is 6.36. The largest absolute Gasteiger partial charge is 0.457 e. The van der Waals surface area contributed by atoms with Crippen LogP contribution in [0.5, 0.6) is 11.5 Å². The van der Waals surface area contributed by atoms with Crippen LogP contribution in [0, 0.1) is 5.82 Å². The Hall–Kier alpha value is -3.27. The number of carbonyl (C=O) groups is 1. The van der Waals surface area contributed by atoms with Crippen molar-refractivity contribution in [2.45, 2.75) is 12.4 Å². The number of rotatable bonds is 4. The minimum atomic E-state index is -5.01. The van der Waals surface area contributed by atoms with Crippen molar-refractivity contribution in [3.05, 3.63) is 88.2 Å². The SMILES string of the molecule is O=C(Nc1ccc(Oc2cc(C(F)(F)F)cc(C(F)(F)F)c2)cc1)c1c(F)cccc1Cl. The van der Waals surface area contributed by atoms with Crippen molar-refractivity contribution >= 4 is 23.2 Å². The molecule has 0 saturated carbocycles. The van der Waals surface area contributed by atoms with Gasteiger partial charge in [0.1, 0.15) is 17.3 Å². The van der Waals surface area contributed by atoms with Gasteiger partial charge in [-0.3, -0.25) is 4.79 Å². The Labute approximate surface area is 181 Å². The molecule has 11 heteroatoms. The maximum absolute atomic E-state index is 13.8. The van der Waals surface area contributed by atoms with Crippen molar-refractivity contribution in [1.29, 1.82) is 0 Å². The number of alkyl halides is 6. The van der Waals surface area contributed by atoms with E-state index in [0.29, 0.717) is 12.1 Å². The van der Waals surface area contributed by atoms with Gasteiger partial charge in [-0.05, 0) is 54.6 Å². The third-order valence-electron chi connectivity index (χ3n) is 4.10. The van der Waals surface area contributed by atoms with Gasteiger partial charge in [0.25, 0.3) is 5.91 Å². The molecule has 1 amide bonds. The maximum Gasteiger partial charge on any atom is 0.416 e. The van der Waals surface area contributed by atoms with Gasteiger partial charge < -0.3 is 10.1 Å². The highest BCUT2D eigenvalue weighted by Gasteiger charge is 2.37. The van der Waals surface area contributed by atoms with Crippen molar-refractivity contribution in [3.8, 4) is 11.5 Å². The standard InChI is InChI=1S/C21H11ClF7NO2/c22-16-2-1-3-17(23)18(16)19(31)30-13-4-6-14(7-5-13)32-15-9-11(20(24,25)26)8-12(10-15)21(27,28)29/h1-10H,(H,30,31). The summed E-state index contributed by atoms with van der Waals surface area (Å²) in [7, 11) is 0. The fourth-order valence-corrected chi connectivity index (χ4v) is 2.88. The zero-order valence-electron chi connectivity index (χ0n) is 15.6. The number of benzene rings is 3. The summed E-state index contributed by atoms with van der Waals surface area (Å²) in [5.41, 5.74) is -3.28. The predicted octanol–water partition coefficient (Wildman–Crippen LogP) is 7.56. The van der Waals surface area contributed by atoms with Crippen LogP contribution in [0.15, 0.2) is 60.7 Å². The molecule has 0 spiro atoms. The van der Waals surface area contributed by atoms with Gasteiger partial charge in [-0.15, -0.1) is 0 Å². The van der Waals surface area contributed by atoms with Crippen LogP contribution in [0.25, 0.3) is 0 Å². The van der Waals surface area contributed by atoms with E-state index in [2.05, 4.69) is 5.32 Å². The average Bonchev–Trinajstić information content (AvgIpc) is 2.68. The molecule has 0 aromatic heterocycles. The maximum atomic E-state index is 13.8. The van der Waals surface area contributed by atoms with Crippen molar-refractivity contribution in [2.75, 3.05) is 5.32 Å². The van der Waals surface area contributed by atoms with E-state index in [1.807, 2.05) is 0 Å². The Bertz CT molecular complexity index is 1090. The second-order valence-corrected chi connectivity index (χ2v) is 6.83. The molecule has 0 fully saturated rings. The molecular weight excluding hydrogens is 467 g/mol. The van der Waals surface area contributed by atoms with Crippen LogP contribution in [-0.2, 0) is 12.4 Å². The summed E-state index contributed by atoms with van der Waals surface area (Å²) < 4.78 is 96.6. The molecule has 0 aliphatic heterocycles. The van der Waals surface area contributed by atoms with E-state index < -0.39 is 46.5 Å². The molecule has 0 radical (unpaired) electrons. The number of amides is 1. The second-order valence-electron chi connectivity index (χ2n) is 6.42. The Morgan fingerprint density at radius 1 is 0.812 bits per heavy atom. The molecule has 0 bridgehead atoms. The Morgan fingerprint density at radius 3 is 1.88 bits per heavy atom. The van der Waals surface area contributed by atoms with Crippen LogP contribution in [0.4, 0.5) is 36.4 Å². The molecule has 0 aliphatic rings. The smallest absolute Gasteiger partial charge is 0.416 e. The monoisotopic (exact) mass is 477 g/mol. The summed E-state index contributed by atoms with van der Waals surface area (Å²) in [6.45, 7) is 0. The molecule has 3 nitrogen and oxygen atoms in total. The number of halogens is 8. The first-order valence-corrected chi connectivity index (χ1v) is 9.05. The van der Waals surface area contributed by atoms with E-state index in [4.69, 9.17) is 16.3 Å². The first kappa shape index (κ1) is 23.4. The van der Waals surface area contributed by atoms with E-state index in [1.54, 1.807) is 0 Å². The van der Waals surface area contributed by atoms with E-state index in [1.165, 1.54) is 36.4 Å². The minimum absolute atomic E-state index is 0.0145. The Morgan fingerprint density at radius 2 is 1.38 bits per heavy atom. The van der Waals surface area contributed by atoms with Gasteiger partial charge in [0.05, 0.1) is 21.7 Å². The number of hydrogen-bond acceptors (Lipinski definition) is 2. The van der Waals surface area contributed by atoms with E-state index in [9.17, 15) is 35.5 Å². The number of carbonyl (C=O) groups excluding carboxylic acids is 1. The van der Waals surface area contributed by atoms with Gasteiger partial charge in [0, 0.05) is 5.69 Å². The van der Waals surface area contributed by atoms with Crippen LogP contribution < -0.4 is 10.1 Å². The minimum Gasteiger partial charge on any atom is -0.457 e. The molecule has 0 unspecified atom stereocenters. The molecule has 0 aliphatic carbocycles. The topological polar surface area (TPSA) is 38.3 Å². The molecule has 0 saturated heterocycles. The molecule has 32 heavy (non-hydrogen) atoms. The number of nitrogens with one attached hydrogen (secondary N) is 1. The van der Waals surface area contributed by atoms with Crippen LogP contribution in [0.1, 0.15) is 21.5 Å². The molecule has 0 heterocycles. The first-order chi connectivity index (χ1) is 14.8. The molecule has 168 valence electrons. The van der Waals surface area contributed by atoms with Crippen molar-refractivity contribution < 1.29 is 40.3 Å². The van der Waals surface area contributed by atoms with Crippen LogP contribution >= 0.6 is 11.6 Å². The second kappa shape index (κ2) is 8.70. The summed E-state index contributed by atoms with van der Waals surface area (Å²) in [5, 5.41) is 2.25. The highest BCUT2D eigenvalue weighted by molar-refractivity contribution is 6.34. The van der Waals surface area contributed by atoms with Gasteiger partial charge in [-0.2, -0.15) is 26.3 Å². The summed E-state index contributed by atoms with van der Waals surface area (Å²) >= 11 is 5.81. The lowest BCUT2D eigenvalue weighted by Gasteiger charge is -2.15. The summed E-state index contributed by atoms with van der Waals surface area (Å²) in [6, 6.07) is 9.47. The summed E-state index contributed by atoms with van der Waals surface area (Å²) in [5.74, 6) is -2.48.